The second-order valence-electron chi connectivity index (χ2n) is 5.81. The Bertz CT molecular complexity index is 757. The molecule has 9 heteroatoms. The second kappa shape index (κ2) is 8.68. The lowest BCUT2D eigenvalue weighted by atomic mass is 10.3. The molecule has 1 saturated heterocycles. The van der Waals surface area contributed by atoms with Crippen LogP contribution in [-0.4, -0.2) is 64.3 Å². The van der Waals surface area contributed by atoms with E-state index in [0.717, 1.165) is 11.4 Å². The highest BCUT2D eigenvalue weighted by Crippen LogP contribution is 2.20. The van der Waals surface area contributed by atoms with E-state index in [1.54, 1.807) is 20.5 Å². The van der Waals surface area contributed by atoms with E-state index in [0.29, 0.717) is 32.1 Å². The van der Waals surface area contributed by atoms with Crippen LogP contribution >= 0.6 is 12.4 Å². The quantitative estimate of drug-likeness (QED) is 0.864. The normalized spacial score (nSPS) is 13.9. The first-order valence-corrected chi connectivity index (χ1v) is 8.15. The predicted molar refractivity (Wildman–Crippen MR) is 98.8 cm³/mol. The third kappa shape index (κ3) is 4.33. The summed E-state index contributed by atoms with van der Waals surface area (Å²) >= 11 is 0. The fourth-order valence-corrected chi connectivity index (χ4v) is 2.72. The number of rotatable bonds is 3. The summed E-state index contributed by atoms with van der Waals surface area (Å²) in [5, 5.41) is 4.38. The molecule has 0 bridgehead atoms. The van der Waals surface area contributed by atoms with Crippen LogP contribution in [0, 0.1) is 6.92 Å². The number of carbonyl (C=O) groups is 2. The second-order valence-corrected chi connectivity index (χ2v) is 5.81. The molecule has 0 atom stereocenters. The molecular weight excluding hydrogens is 358 g/mol. The minimum Gasteiger partial charge on any atom is -0.391 e. The van der Waals surface area contributed by atoms with Gasteiger partial charge in [0, 0.05) is 32.2 Å². The van der Waals surface area contributed by atoms with Crippen LogP contribution in [0.15, 0.2) is 36.4 Å². The van der Waals surface area contributed by atoms with E-state index in [-0.39, 0.29) is 24.9 Å². The summed E-state index contributed by atoms with van der Waals surface area (Å²) < 4.78 is 7.14. The standard InChI is InChI=1S/C17H21N5O3.ClH/c1-13-11-16(22(19-13)14-5-3-2-4-6-14)25-17(24)21-9-7-20(8-10-21)15(23)12-18;/h2-6,11H,7-10,12,18H2,1H3;1H. The molecule has 0 aliphatic carbocycles. The fourth-order valence-electron chi connectivity index (χ4n) is 2.72. The molecule has 2 heterocycles. The molecule has 0 unspecified atom stereocenters. The van der Waals surface area contributed by atoms with E-state index in [4.69, 9.17) is 10.5 Å². The number of piperazine rings is 1. The zero-order valence-electron chi connectivity index (χ0n) is 14.5. The van der Waals surface area contributed by atoms with E-state index in [1.165, 1.54) is 0 Å². The van der Waals surface area contributed by atoms with Crippen molar-refractivity contribution in [3.05, 3.63) is 42.1 Å². The van der Waals surface area contributed by atoms with Crippen molar-refractivity contribution < 1.29 is 14.3 Å². The van der Waals surface area contributed by atoms with Gasteiger partial charge in [0.25, 0.3) is 0 Å². The Morgan fingerprint density at radius 3 is 2.35 bits per heavy atom. The summed E-state index contributed by atoms with van der Waals surface area (Å²) in [6.45, 7) is 3.59. The molecule has 8 nitrogen and oxygen atoms in total. The lowest BCUT2D eigenvalue weighted by molar-refractivity contribution is -0.131. The third-order valence-electron chi connectivity index (χ3n) is 4.06. The molecule has 1 aromatic heterocycles. The predicted octanol–water partition coefficient (Wildman–Crippen LogP) is 1.20. The number of benzene rings is 1. The van der Waals surface area contributed by atoms with Crippen molar-refractivity contribution in [1.29, 1.82) is 0 Å². The topological polar surface area (TPSA) is 93.7 Å². The van der Waals surface area contributed by atoms with Crippen molar-refractivity contribution in [1.82, 2.24) is 19.6 Å². The third-order valence-corrected chi connectivity index (χ3v) is 4.06. The highest BCUT2D eigenvalue weighted by atomic mass is 35.5. The van der Waals surface area contributed by atoms with Gasteiger partial charge in [0.05, 0.1) is 17.9 Å². The molecule has 2 aromatic rings. The maximum absolute atomic E-state index is 12.4. The van der Waals surface area contributed by atoms with Crippen molar-refractivity contribution in [2.75, 3.05) is 32.7 Å². The van der Waals surface area contributed by atoms with Crippen molar-refractivity contribution in [3.63, 3.8) is 0 Å². The summed E-state index contributed by atoms with van der Waals surface area (Å²) in [7, 11) is 0. The summed E-state index contributed by atoms with van der Waals surface area (Å²) in [6, 6.07) is 11.2. The van der Waals surface area contributed by atoms with Crippen molar-refractivity contribution in [2.24, 2.45) is 5.73 Å². The number of nitrogens with zero attached hydrogens (tertiary/aromatic N) is 4. The Kier molecular flexibility index (Phi) is 6.59. The molecule has 3 rings (SSSR count). The highest BCUT2D eigenvalue weighted by molar-refractivity contribution is 5.85. The summed E-state index contributed by atoms with van der Waals surface area (Å²) in [5.41, 5.74) is 6.94. The number of ether oxygens (including phenoxy) is 1. The SMILES string of the molecule is Cc1cc(OC(=O)N2CCN(C(=O)CN)CC2)n(-c2ccccc2)n1.Cl. The average molecular weight is 380 g/mol. The van der Waals surface area contributed by atoms with E-state index in [9.17, 15) is 9.59 Å². The van der Waals surface area contributed by atoms with Crippen LogP contribution < -0.4 is 10.5 Å². The van der Waals surface area contributed by atoms with Gasteiger partial charge in [-0.2, -0.15) is 5.10 Å². The molecule has 26 heavy (non-hydrogen) atoms. The highest BCUT2D eigenvalue weighted by Gasteiger charge is 2.25. The largest absolute Gasteiger partial charge is 0.416 e. The van der Waals surface area contributed by atoms with Gasteiger partial charge in [0.2, 0.25) is 11.8 Å². The number of nitrogens with two attached hydrogens (primary N) is 1. The average Bonchev–Trinajstić information content (AvgIpc) is 3.02. The Morgan fingerprint density at radius 2 is 1.73 bits per heavy atom. The van der Waals surface area contributed by atoms with Gasteiger partial charge in [-0.05, 0) is 19.1 Å². The molecule has 140 valence electrons. The monoisotopic (exact) mass is 379 g/mol. The lowest BCUT2D eigenvalue weighted by Crippen LogP contribution is -2.52. The smallest absolute Gasteiger partial charge is 0.391 e. The van der Waals surface area contributed by atoms with Crippen LogP contribution in [0.1, 0.15) is 5.69 Å². The molecule has 2 N–H and O–H groups in total. The summed E-state index contributed by atoms with van der Waals surface area (Å²) in [5.74, 6) is 0.264. The van der Waals surface area contributed by atoms with Gasteiger partial charge in [-0.15, -0.1) is 12.4 Å². The number of hydrogen-bond acceptors (Lipinski definition) is 5. The lowest BCUT2D eigenvalue weighted by Gasteiger charge is -2.33. The Hall–Kier alpha value is -2.58. The van der Waals surface area contributed by atoms with Crippen LogP contribution in [-0.2, 0) is 4.79 Å². The molecule has 1 aliphatic rings. The minimum absolute atomic E-state index is 0. The fraction of sp³-hybridized carbons (Fsp3) is 0.353. The van der Waals surface area contributed by atoms with Gasteiger partial charge in [-0.3, -0.25) is 4.79 Å². The van der Waals surface area contributed by atoms with E-state index >= 15 is 0 Å². The molecule has 0 radical (unpaired) electrons. The summed E-state index contributed by atoms with van der Waals surface area (Å²) in [6.07, 6.45) is -0.447. The molecule has 2 amide bonds. The van der Waals surface area contributed by atoms with Crippen LogP contribution in [0.4, 0.5) is 4.79 Å². The van der Waals surface area contributed by atoms with Crippen LogP contribution in [0.2, 0.25) is 0 Å². The number of aromatic nitrogens is 2. The number of halogens is 1. The van der Waals surface area contributed by atoms with Crippen LogP contribution in [0.25, 0.3) is 5.69 Å². The number of amides is 2. The summed E-state index contributed by atoms with van der Waals surface area (Å²) in [4.78, 5) is 27.3. The minimum atomic E-state index is -0.447. The van der Waals surface area contributed by atoms with Crippen LogP contribution in [0.3, 0.4) is 0 Å². The van der Waals surface area contributed by atoms with Gasteiger partial charge in [-0.1, -0.05) is 18.2 Å². The van der Waals surface area contributed by atoms with E-state index in [1.807, 2.05) is 37.3 Å². The van der Waals surface area contributed by atoms with Gasteiger partial charge < -0.3 is 20.3 Å². The van der Waals surface area contributed by atoms with E-state index in [2.05, 4.69) is 5.10 Å². The Balaban J connectivity index is 0.00000243. The number of hydrogen-bond donors (Lipinski definition) is 1. The maximum Gasteiger partial charge on any atom is 0.416 e. The molecular formula is C17H22ClN5O3. The number of para-hydroxylation sites is 1. The molecule has 0 saturated carbocycles. The van der Waals surface area contributed by atoms with Crippen molar-refractivity contribution in [3.8, 4) is 11.6 Å². The van der Waals surface area contributed by atoms with E-state index < -0.39 is 6.09 Å². The first-order valence-electron chi connectivity index (χ1n) is 8.15. The van der Waals surface area contributed by atoms with Gasteiger partial charge in [0.1, 0.15) is 0 Å². The number of aryl methyl sites for hydroxylation is 1. The van der Waals surface area contributed by atoms with Gasteiger partial charge in [0.15, 0.2) is 0 Å². The zero-order chi connectivity index (χ0) is 17.8. The number of carbonyl (C=O) groups excluding carboxylic acids is 2. The van der Waals surface area contributed by atoms with Crippen LogP contribution in [0.5, 0.6) is 5.88 Å². The zero-order valence-corrected chi connectivity index (χ0v) is 15.3. The first kappa shape index (κ1) is 19.7. The van der Waals surface area contributed by atoms with Gasteiger partial charge in [-0.25, -0.2) is 9.48 Å². The van der Waals surface area contributed by atoms with Crippen molar-refractivity contribution >= 4 is 24.4 Å². The van der Waals surface area contributed by atoms with Gasteiger partial charge >= 0.3 is 6.09 Å². The Morgan fingerprint density at radius 1 is 1.12 bits per heavy atom. The maximum atomic E-state index is 12.4. The molecule has 1 fully saturated rings. The first-order chi connectivity index (χ1) is 12.1. The Labute approximate surface area is 157 Å². The molecule has 1 aliphatic heterocycles. The molecule has 1 aromatic carbocycles. The van der Waals surface area contributed by atoms with Crippen molar-refractivity contribution in [2.45, 2.75) is 6.92 Å². The molecule has 0 spiro atoms.